The van der Waals surface area contributed by atoms with Gasteiger partial charge in [-0.3, -0.25) is 4.79 Å². The van der Waals surface area contributed by atoms with Gasteiger partial charge in [0.25, 0.3) is 0 Å². The number of benzene rings is 3. The number of fused-ring (bicyclic) bond motifs is 2. The number of carbonyl (C=O) groups is 2. The minimum absolute atomic E-state index is 0.236. The van der Waals surface area contributed by atoms with E-state index >= 15 is 0 Å². The number of unbranched alkanes of at least 4 members (excludes halogenated alkanes) is 2. The van der Waals surface area contributed by atoms with Crippen LogP contribution in [0.1, 0.15) is 70.2 Å². The summed E-state index contributed by atoms with van der Waals surface area (Å²) in [5.74, 6) is 1.60. The molecule has 0 bridgehead atoms. The van der Waals surface area contributed by atoms with E-state index in [1.807, 2.05) is 36.0 Å². The Morgan fingerprint density at radius 3 is 2.36 bits per heavy atom. The number of carboxylic acid groups (broad SMARTS) is 1. The maximum absolute atomic E-state index is 13.5. The molecule has 8 heteroatoms. The van der Waals surface area contributed by atoms with Gasteiger partial charge in [-0.1, -0.05) is 24.6 Å². The number of carboxylic acids is 1. The van der Waals surface area contributed by atoms with Crippen LogP contribution < -0.4 is 14.8 Å². The van der Waals surface area contributed by atoms with Crippen molar-refractivity contribution in [3.8, 4) is 22.5 Å². The molecule has 1 N–H and O–H groups in total. The minimum Gasteiger partial charge on any atom is -0.481 e. The molecule has 0 fully saturated rings. The zero-order valence-corrected chi connectivity index (χ0v) is 28.0. The van der Waals surface area contributed by atoms with Crippen LogP contribution in [-0.2, 0) is 9.53 Å². The zero-order chi connectivity index (χ0) is 32.2. The van der Waals surface area contributed by atoms with E-state index in [1.165, 1.54) is 0 Å². The Bertz CT molecular complexity index is 1620. The van der Waals surface area contributed by atoms with E-state index in [-0.39, 0.29) is 12.4 Å². The predicted octanol–water partition coefficient (Wildman–Crippen LogP) is 7.79. The average Bonchev–Trinajstić information content (AvgIpc) is 3.05. The molecule has 1 aliphatic carbocycles. The summed E-state index contributed by atoms with van der Waals surface area (Å²) in [7, 11) is 0. The fourth-order valence-electron chi connectivity index (χ4n) is 5.77. The Labute approximate surface area is 271 Å². The highest BCUT2D eigenvalue weighted by molar-refractivity contribution is 7.99. The lowest BCUT2D eigenvalue weighted by atomic mass is 9.90. The first-order valence-electron chi connectivity index (χ1n) is 16.3. The number of carbonyl (C=O) groups excluding carboxylic acids is 1. The Morgan fingerprint density at radius 2 is 1.62 bits per heavy atom. The molecular formula is C37H47N2O5S+. The van der Waals surface area contributed by atoms with E-state index < -0.39 is 5.97 Å². The van der Waals surface area contributed by atoms with Crippen molar-refractivity contribution >= 4 is 40.4 Å². The molecular weight excluding hydrogens is 584 g/mol. The first-order valence-corrected chi connectivity index (χ1v) is 17.5. The van der Waals surface area contributed by atoms with Crippen molar-refractivity contribution in [1.29, 1.82) is 0 Å². The van der Waals surface area contributed by atoms with Crippen LogP contribution in [0.4, 0.5) is 5.69 Å². The third kappa shape index (κ3) is 8.69. The summed E-state index contributed by atoms with van der Waals surface area (Å²) in [6, 6.07) is 20.4. The number of hydrogen-bond donors (Lipinski definition) is 1. The second kappa shape index (κ2) is 17.1. The van der Waals surface area contributed by atoms with Crippen LogP contribution in [0.2, 0.25) is 0 Å². The van der Waals surface area contributed by atoms with Gasteiger partial charge in [-0.15, -0.1) is 0 Å². The third-order valence-electron chi connectivity index (χ3n) is 8.21. The number of rotatable bonds is 17. The summed E-state index contributed by atoms with van der Waals surface area (Å²) < 4.78 is 14.7. The molecule has 2 aromatic carbocycles. The number of ether oxygens (including phenoxy) is 1. The largest absolute Gasteiger partial charge is 0.481 e. The van der Waals surface area contributed by atoms with Crippen LogP contribution in [0.5, 0.6) is 0 Å². The lowest BCUT2D eigenvalue weighted by molar-refractivity contribution is -0.137. The molecule has 0 atom stereocenters. The van der Waals surface area contributed by atoms with Crippen molar-refractivity contribution in [3.63, 3.8) is 0 Å². The lowest BCUT2D eigenvalue weighted by Gasteiger charge is -2.22. The van der Waals surface area contributed by atoms with Crippen molar-refractivity contribution < 1.29 is 23.8 Å². The predicted molar refractivity (Wildman–Crippen MR) is 187 cm³/mol. The van der Waals surface area contributed by atoms with Gasteiger partial charge in [0.15, 0.2) is 0 Å². The molecule has 45 heavy (non-hydrogen) atoms. The molecule has 1 aliphatic heterocycles. The van der Waals surface area contributed by atoms with E-state index in [9.17, 15) is 9.59 Å². The highest BCUT2D eigenvalue weighted by atomic mass is 32.2. The number of anilines is 1. The van der Waals surface area contributed by atoms with E-state index in [2.05, 4.69) is 73.6 Å². The van der Waals surface area contributed by atoms with Crippen LogP contribution in [0.25, 0.3) is 33.4 Å². The molecule has 2 aromatic rings. The molecule has 0 amide bonds. The molecule has 0 aromatic heterocycles. The van der Waals surface area contributed by atoms with Gasteiger partial charge in [-0.2, -0.15) is 11.8 Å². The summed E-state index contributed by atoms with van der Waals surface area (Å²) in [4.78, 5) is 26.4. The second-order valence-electron chi connectivity index (χ2n) is 11.0. The van der Waals surface area contributed by atoms with Crippen LogP contribution in [0.15, 0.2) is 65.1 Å². The summed E-state index contributed by atoms with van der Waals surface area (Å²) in [6.45, 7) is 12.5. The standard InChI is InChI=1S/C37H46N2O5S/c1-5-38(6-2)27-18-20-31-33(25-27)44-34-26-28(39(7-3)8-4)19-21-32(34)36(31)29-15-11-12-16-30(29)37(42)43-22-14-24-45-23-13-9-10-17-35(40)41/h11-12,15-16,18-21,25-26H,5-10,13-14,17,22-24H2,1-4H3/p+1. The summed E-state index contributed by atoms with van der Waals surface area (Å²) >= 11 is 1.82. The van der Waals surface area contributed by atoms with Gasteiger partial charge in [0, 0.05) is 53.8 Å². The van der Waals surface area contributed by atoms with Gasteiger partial charge in [0.1, 0.15) is 24.4 Å². The van der Waals surface area contributed by atoms with E-state index in [1.54, 1.807) is 0 Å². The van der Waals surface area contributed by atoms with Gasteiger partial charge < -0.3 is 19.2 Å². The molecule has 1 heterocycles. The molecule has 0 spiro atoms. The number of esters is 1. The van der Waals surface area contributed by atoms with Crippen LogP contribution in [0.3, 0.4) is 0 Å². The molecule has 2 aliphatic rings. The van der Waals surface area contributed by atoms with Gasteiger partial charge in [-0.25, -0.2) is 9.37 Å². The molecule has 240 valence electrons. The van der Waals surface area contributed by atoms with Crippen LogP contribution in [-0.4, -0.2) is 61.3 Å². The molecule has 0 radical (unpaired) electrons. The molecule has 7 nitrogen and oxygen atoms in total. The summed E-state index contributed by atoms with van der Waals surface area (Å²) in [5, 5.41) is 10.8. The van der Waals surface area contributed by atoms with Gasteiger partial charge >= 0.3 is 11.9 Å². The SMILES string of the molecule is CCN(CC)c1ccc2c(-c3ccccc3C(=O)OCCCSCCCCCC(=O)O)c3ccc(=[N+](CC)CC)cc-3oc2c1. The lowest BCUT2D eigenvalue weighted by Crippen LogP contribution is -2.29. The van der Waals surface area contributed by atoms with Crippen molar-refractivity contribution in [3.05, 3.63) is 71.6 Å². The second-order valence-corrected chi connectivity index (χ2v) is 12.3. The fourth-order valence-corrected chi connectivity index (χ4v) is 6.70. The quantitative estimate of drug-likeness (QED) is 0.0551. The van der Waals surface area contributed by atoms with Crippen LogP contribution >= 0.6 is 11.8 Å². The maximum atomic E-state index is 13.5. The first kappa shape index (κ1) is 34.1. The van der Waals surface area contributed by atoms with Gasteiger partial charge in [0.05, 0.1) is 18.2 Å². The molecule has 4 rings (SSSR count). The molecule has 0 unspecified atom stereocenters. The maximum Gasteiger partial charge on any atom is 0.338 e. The zero-order valence-electron chi connectivity index (χ0n) is 27.1. The highest BCUT2D eigenvalue weighted by Crippen LogP contribution is 2.42. The number of aliphatic carboxylic acids is 1. The monoisotopic (exact) mass is 631 g/mol. The summed E-state index contributed by atoms with van der Waals surface area (Å²) in [5.41, 5.74) is 5.17. The Morgan fingerprint density at radius 1 is 0.867 bits per heavy atom. The van der Waals surface area contributed by atoms with Crippen molar-refractivity contribution in [2.45, 2.75) is 59.8 Å². The number of thioether (sulfide) groups is 1. The smallest absolute Gasteiger partial charge is 0.338 e. The Kier molecular flexibility index (Phi) is 12.9. The summed E-state index contributed by atoms with van der Waals surface area (Å²) in [6.07, 6.45) is 3.66. The normalized spacial score (nSPS) is 11.2. The topological polar surface area (TPSA) is 83.0 Å². The Balaban J connectivity index is 1.63. The fraction of sp³-hybridized carbons (Fsp3) is 0.432. The molecule has 0 saturated heterocycles. The van der Waals surface area contributed by atoms with Crippen LogP contribution in [0, 0.1) is 0 Å². The third-order valence-corrected chi connectivity index (χ3v) is 9.36. The average molecular weight is 632 g/mol. The van der Waals surface area contributed by atoms with E-state index in [0.717, 1.165) is 108 Å². The molecule has 0 saturated carbocycles. The van der Waals surface area contributed by atoms with Gasteiger partial charge in [0.2, 0.25) is 5.36 Å². The van der Waals surface area contributed by atoms with E-state index in [0.29, 0.717) is 12.2 Å². The van der Waals surface area contributed by atoms with Crippen molar-refractivity contribution in [2.24, 2.45) is 0 Å². The van der Waals surface area contributed by atoms with Crippen molar-refractivity contribution in [2.75, 3.05) is 49.2 Å². The van der Waals surface area contributed by atoms with Gasteiger partial charge in [-0.05, 0) is 88.3 Å². The minimum atomic E-state index is -0.733. The van der Waals surface area contributed by atoms with E-state index in [4.69, 9.17) is 14.3 Å². The number of nitrogens with zero attached hydrogens (tertiary/aromatic N) is 2. The number of hydrogen-bond acceptors (Lipinski definition) is 6. The Hall–Kier alpha value is -3.78. The highest BCUT2D eigenvalue weighted by Gasteiger charge is 2.23. The van der Waals surface area contributed by atoms with Crippen molar-refractivity contribution in [1.82, 2.24) is 4.58 Å². The first-order chi connectivity index (χ1) is 21.9.